The van der Waals surface area contributed by atoms with Crippen LogP contribution in [0.1, 0.15) is 97.0 Å². The molecule has 3 aliphatic rings. The van der Waals surface area contributed by atoms with E-state index in [-0.39, 0.29) is 57.8 Å². The number of aromatic nitrogens is 2. The lowest BCUT2D eigenvalue weighted by atomic mass is 9.73. The maximum absolute atomic E-state index is 14.6. The minimum absolute atomic E-state index is 0.0833. The van der Waals surface area contributed by atoms with Crippen molar-refractivity contribution in [1.29, 1.82) is 0 Å². The van der Waals surface area contributed by atoms with Gasteiger partial charge in [0.2, 0.25) is 5.91 Å². The first kappa shape index (κ1) is 62.6. The van der Waals surface area contributed by atoms with Gasteiger partial charge in [0, 0.05) is 46.5 Å². The van der Waals surface area contributed by atoms with Crippen LogP contribution in [0.25, 0.3) is 10.6 Å². The van der Waals surface area contributed by atoms with Gasteiger partial charge in [-0.2, -0.15) is 0 Å². The van der Waals surface area contributed by atoms with E-state index in [1.807, 2.05) is 83.1 Å². The summed E-state index contributed by atoms with van der Waals surface area (Å²) >= 11 is 6.31. The Bertz CT molecular complexity index is 2670. The second-order valence-electron chi connectivity index (χ2n) is 21.1. The summed E-state index contributed by atoms with van der Waals surface area (Å²) in [5.41, 5.74) is 4.50. The van der Waals surface area contributed by atoms with Crippen molar-refractivity contribution in [2.24, 2.45) is 33.8 Å². The van der Waals surface area contributed by atoms with Gasteiger partial charge in [0.15, 0.2) is 12.9 Å². The molecule has 0 saturated carbocycles. The number of carbonyl (C=O) groups excluding carboxylic acids is 3. The number of fused-ring (bicyclic) bond motifs is 5. The third-order valence-corrected chi connectivity index (χ3v) is 17.2. The number of oxime groups is 1. The molecule has 7 rings (SSSR count). The molecule has 4 aromatic rings. The number of halogens is 1. The van der Waals surface area contributed by atoms with Crippen molar-refractivity contribution in [2.45, 2.75) is 161 Å². The number of anilines is 1. The minimum Gasteiger partial charge on any atom is -0.461 e. The standard InChI is InChI=1S/C51H72N6O12S.C5H5BrOS/c1-12-40-51(9,62)47-30(4)43(54-33(7)58)28(2)24-50(8,64-26-35(25-63-47)56-65-27-36-19-20-39(70-36)37-17-15-18-41(52)55-37)46(69-49-44(60)38(57(10)11)22-29(3)66-49)31(5)45(32(6)48(61)67-40)68-42(59)23-34-16-13-14-21-53-34;6-5-2-1-4(3-7)8-5/h13-21,28-32,38,40,44-47,49,60,62H,12,22-27H2,1-11H3,(H2,52,55);1-2,7H,3H2/t28-,29-,30+,31+,32-,38+,40-,44-,45+,46-,47-,49+,50-,51-;/m1./s1. The number of thiophene rings is 2. The van der Waals surface area contributed by atoms with E-state index in [0.29, 0.717) is 29.4 Å². The summed E-state index contributed by atoms with van der Waals surface area (Å²) in [4.78, 5) is 65.8. The van der Waals surface area contributed by atoms with Crippen LogP contribution in [0.2, 0.25) is 0 Å². The first-order valence-electron chi connectivity index (χ1n) is 26.3. The van der Waals surface area contributed by atoms with Gasteiger partial charge in [0.1, 0.15) is 35.4 Å². The zero-order valence-corrected chi connectivity index (χ0v) is 49.6. The smallest absolute Gasteiger partial charge is 0.312 e. The van der Waals surface area contributed by atoms with E-state index < -0.39 is 89.5 Å². The van der Waals surface area contributed by atoms with Gasteiger partial charge < -0.3 is 59.2 Å². The quantitative estimate of drug-likeness (QED) is 0.0779. The van der Waals surface area contributed by atoms with Gasteiger partial charge >= 0.3 is 11.9 Å². The third kappa shape index (κ3) is 16.3. The highest BCUT2D eigenvalue weighted by Gasteiger charge is 2.54. The molecule has 428 valence electrons. The fourth-order valence-corrected chi connectivity index (χ4v) is 12.8. The van der Waals surface area contributed by atoms with Crippen molar-refractivity contribution in [3.8, 4) is 10.6 Å². The lowest BCUT2D eigenvalue weighted by Crippen LogP contribution is -2.61. The van der Waals surface area contributed by atoms with Gasteiger partial charge in [-0.25, -0.2) is 9.98 Å². The highest BCUT2D eigenvalue weighted by atomic mass is 79.9. The second kappa shape index (κ2) is 28.2. The highest BCUT2D eigenvalue weighted by molar-refractivity contribution is 9.11. The topological polar surface area (TPSA) is 256 Å². The van der Waals surface area contributed by atoms with Crippen LogP contribution in [0.15, 0.2) is 80.8 Å². The molecule has 7 heterocycles. The summed E-state index contributed by atoms with van der Waals surface area (Å²) in [6, 6.07) is 18.0. The van der Waals surface area contributed by atoms with E-state index >= 15 is 0 Å². The van der Waals surface area contributed by atoms with E-state index in [9.17, 15) is 24.6 Å². The molecule has 5 N–H and O–H groups in total. The van der Waals surface area contributed by atoms with Crippen LogP contribution in [0, 0.1) is 23.7 Å². The van der Waals surface area contributed by atoms with Gasteiger partial charge in [0.05, 0.1) is 76.1 Å². The molecule has 0 aromatic carbocycles. The van der Waals surface area contributed by atoms with Crippen molar-refractivity contribution in [2.75, 3.05) is 33.0 Å². The summed E-state index contributed by atoms with van der Waals surface area (Å²) in [6.45, 7) is 15.3. The number of nitrogens with zero attached hydrogens (tertiary/aromatic N) is 5. The van der Waals surface area contributed by atoms with E-state index in [4.69, 9.17) is 44.1 Å². The molecule has 14 atom stereocenters. The Hall–Kier alpha value is -4.59. The molecule has 22 heteroatoms. The molecule has 3 saturated heterocycles. The average Bonchev–Trinajstić information content (AvgIpc) is 4.11. The predicted molar refractivity (Wildman–Crippen MR) is 302 cm³/mol. The number of hydrogen-bond acceptors (Lipinski definition) is 20. The summed E-state index contributed by atoms with van der Waals surface area (Å²) in [5, 5.41) is 37.8. The maximum atomic E-state index is 14.6. The number of rotatable bonds is 12. The molecular weight excluding hydrogens is 1110 g/mol. The Labute approximate surface area is 474 Å². The molecule has 2 bridgehead atoms. The minimum atomic E-state index is -1.89. The fourth-order valence-electron chi connectivity index (χ4n) is 10.6. The second-order valence-corrected chi connectivity index (χ2v) is 24.8. The first-order chi connectivity index (χ1) is 36.9. The van der Waals surface area contributed by atoms with E-state index in [1.54, 1.807) is 62.6 Å². The molecular formula is C56H77BrN6O13S2. The largest absolute Gasteiger partial charge is 0.461 e. The molecule has 78 heavy (non-hydrogen) atoms. The Kier molecular flexibility index (Phi) is 22.6. The lowest BCUT2D eigenvalue weighted by Gasteiger charge is -2.49. The van der Waals surface area contributed by atoms with E-state index in [0.717, 1.165) is 24.1 Å². The molecule has 3 aliphatic heterocycles. The van der Waals surface area contributed by atoms with Crippen LogP contribution >= 0.6 is 38.6 Å². The molecule has 19 nitrogen and oxygen atoms in total. The number of aliphatic hydroxyl groups is 3. The Balaban J connectivity index is 0.00000113. The Morgan fingerprint density at radius 1 is 0.987 bits per heavy atom. The monoisotopic (exact) mass is 1180 g/mol. The number of nitrogens with two attached hydrogens (primary N) is 1. The fraction of sp³-hybridized carbons (Fsp3) is 0.589. The van der Waals surface area contributed by atoms with Gasteiger partial charge in [-0.3, -0.25) is 19.4 Å². The number of amides is 1. The number of aliphatic hydroxyl groups excluding tert-OH is 2. The van der Waals surface area contributed by atoms with Crippen molar-refractivity contribution in [1.82, 2.24) is 14.9 Å². The molecule has 0 spiro atoms. The van der Waals surface area contributed by atoms with Crippen LogP contribution < -0.4 is 5.73 Å². The van der Waals surface area contributed by atoms with Crippen LogP contribution in [-0.4, -0.2) is 147 Å². The van der Waals surface area contributed by atoms with Gasteiger partial charge in [-0.1, -0.05) is 45.0 Å². The number of esters is 2. The van der Waals surface area contributed by atoms with Crippen molar-refractivity contribution in [3.05, 3.63) is 86.1 Å². The number of carbonyl (C=O) groups is 3. The SMILES string of the molecule is CC[C@H]1OC(=O)[C@H](C)[C@@H](OC(=O)Cc2ccccn2)[C@H](C)[C@@H](O[C@@H]2O[C@H](C)C[C@H](N(C)C)[C@H]2O)[C@@]2(C)C[C@@H](C)C(=NC(C)=O)[C@H](C)[C@@H](OCC(=NOCc3ccc(-c4cccc(N)n4)s3)CO2)[C@]1(C)O.OCc1ccc(Br)s1. The maximum Gasteiger partial charge on any atom is 0.312 e. The lowest BCUT2D eigenvalue weighted by molar-refractivity contribution is -0.302. The third-order valence-electron chi connectivity index (χ3n) is 14.5. The van der Waals surface area contributed by atoms with Gasteiger partial charge in [-0.15, -0.1) is 22.7 Å². The number of hydrogen-bond donors (Lipinski definition) is 4. The molecule has 0 aliphatic carbocycles. The molecule has 4 aromatic heterocycles. The van der Waals surface area contributed by atoms with Crippen LogP contribution in [0.5, 0.6) is 0 Å². The summed E-state index contributed by atoms with van der Waals surface area (Å²) < 4.78 is 41.0. The van der Waals surface area contributed by atoms with Crippen molar-refractivity contribution in [3.63, 3.8) is 0 Å². The van der Waals surface area contributed by atoms with E-state index in [2.05, 4.69) is 36.0 Å². The number of pyridine rings is 2. The molecule has 0 radical (unpaired) electrons. The summed E-state index contributed by atoms with van der Waals surface area (Å²) in [5.74, 6) is -4.83. The summed E-state index contributed by atoms with van der Waals surface area (Å²) in [6.07, 6.45) is -5.20. The zero-order valence-electron chi connectivity index (χ0n) is 46.4. The van der Waals surface area contributed by atoms with Crippen LogP contribution in [0.4, 0.5) is 5.82 Å². The molecule has 0 unspecified atom stereocenters. The van der Waals surface area contributed by atoms with Crippen LogP contribution in [-0.2, 0) is 67.3 Å². The van der Waals surface area contributed by atoms with Gasteiger partial charge in [0.25, 0.3) is 0 Å². The first-order valence-corrected chi connectivity index (χ1v) is 28.7. The normalized spacial score (nSPS) is 32.2. The predicted octanol–water partition coefficient (Wildman–Crippen LogP) is 7.81. The van der Waals surface area contributed by atoms with Gasteiger partial charge in [-0.05, 0) is 131 Å². The number of nitrogen functional groups attached to an aromatic ring is 1. The van der Waals surface area contributed by atoms with Crippen molar-refractivity contribution < 1.29 is 63.0 Å². The number of likely N-dealkylation sites (N-methyl/N-ethyl adjacent to an activating group) is 1. The molecule has 1 amide bonds. The summed E-state index contributed by atoms with van der Waals surface area (Å²) in [7, 11) is 3.75. The van der Waals surface area contributed by atoms with Crippen LogP contribution in [0.3, 0.4) is 0 Å². The number of cyclic esters (lactones) is 1. The number of ether oxygens (including phenoxy) is 6. The number of aliphatic imine (C=N–C) groups is 1. The Morgan fingerprint density at radius 3 is 2.36 bits per heavy atom. The molecule has 3 fully saturated rings. The highest BCUT2D eigenvalue weighted by Crippen LogP contribution is 2.42. The van der Waals surface area contributed by atoms with E-state index in [1.165, 1.54) is 25.2 Å². The Morgan fingerprint density at radius 2 is 1.73 bits per heavy atom. The van der Waals surface area contributed by atoms with Crippen molar-refractivity contribution >= 4 is 73.7 Å². The average molecular weight is 1190 g/mol. The zero-order chi connectivity index (χ0) is 57.1.